The van der Waals surface area contributed by atoms with Crippen LogP contribution < -0.4 is 20.1 Å². The normalized spacial score (nSPS) is 16.2. The summed E-state index contributed by atoms with van der Waals surface area (Å²) in [5.74, 6) is 1.30. The predicted octanol–water partition coefficient (Wildman–Crippen LogP) is 3.14. The van der Waals surface area contributed by atoms with Crippen molar-refractivity contribution >= 4 is 22.5 Å². The van der Waals surface area contributed by atoms with E-state index in [1.807, 2.05) is 18.2 Å². The zero-order chi connectivity index (χ0) is 21.2. The number of amides is 1. The number of hydrogen-bond acceptors (Lipinski definition) is 5. The molecule has 3 heterocycles. The Kier molecular flexibility index (Phi) is 5.42. The highest BCUT2D eigenvalue weighted by atomic mass is 16.7. The van der Waals surface area contributed by atoms with Crippen molar-refractivity contribution in [2.45, 2.75) is 19.3 Å². The average Bonchev–Trinajstić information content (AvgIpc) is 3.43. The number of carbonyl (C=O) groups excluding carboxylic acids is 1. The number of nitrogens with zero attached hydrogens (tertiary/aromatic N) is 2. The molecule has 0 unspecified atom stereocenters. The third kappa shape index (κ3) is 4.18. The Labute approximate surface area is 181 Å². The van der Waals surface area contributed by atoms with Crippen molar-refractivity contribution in [1.29, 1.82) is 0 Å². The summed E-state index contributed by atoms with van der Waals surface area (Å²) in [5, 5.41) is 1.11. The molecule has 2 aliphatic heterocycles. The smallest absolute Gasteiger partial charge is 0.248 e. The topological polar surface area (TPSA) is 83.8 Å². The first-order valence-corrected chi connectivity index (χ1v) is 10.9. The maximum Gasteiger partial charge on any atom is 0.248 e. The first-order valence-electron chi connectivity index (χ1n) is 10.9. The number of primary amides is 1. The molecule has 0 saturated carbocycles. The number of benzene rings is 2. The third-order valence-electron chi connectivity index (χ3n) is 6.32. The summed E-state index contributed by atoms with van der Waals surface area (Å²) in [6, 6.07) is 11.8. The Morgan fingerprint density at radius 1 is 1.00 bits per heavy atom. The predicted molar refractivity (Wildman–Crippen MR) is 121 cm³/mol. The van der Waals surface area contributed by atoms with Gasteiger partial charge >= 0.3 is 0 Å². The van der Waals surface area contributed by atoms with Crippen molar-refractivity contribution in [2.75, 3.05) is 44.4 Å². The van der Waals surface area contributed by atoms with E-state index in [-0.39, 0.29) is 5.91 Å². The van der Waals surface area contributed by atoms with Crippen molar-refractivity contribution in [3.05, 3.63) is 53.7 Å². The number of anilines is 1. The largest absolute Gasteiger partial charge is 0.454 e. The van der Waals surface area contributed by atoms with Crippen molar-refractivity contribution in [2.24, 2.45) is 5.73 Å². The molecule has 1 amide bonds. The maximum atomic E-state index is 11.5. The minimum absolute atomic E-state index is 0.317. The number of H-pyrrole nitrogens is 1. The van der Waals surface area contributed by atoms with Gasteiger partial charge in [0.2, 0.25) is 12.7 Å². The SMILES string of the molecule is NC(=O)c1ccc2[nH]cc(CCCCN3CCN(c4ccc5c(c4)OCO5)CC3)c2c1. The molecule has 1 aromatic heterocycles. The van der Waals surface area contributed by atoms with E-state index in [0.29, 0.717) is 12.4 Å². The van der Waals surface area contributed by atoms with Gasteiger partial charge < -0.3 is 25.1 Å². The summed E-state index contributed by atoms with van der Waals surface area (Å²) in [4.78, 5) is 19.7. The zero-order valence-electron chi connectivity index (χ0n) is 17.6. The highest BCUT2D eigenvalue weighted by molar-refractivity contribution is 5.97. The molecule has 0 bridgehead atoms. The van der Waals surface area contributed by atoms with Crippen LogP contribution in [0.4, 0.5) is 5.69 Å². The van der Waals surface area contributed by atoms with Crippen molar-refractivity contribution in [3.63, 3.8) is 0 Å². The fraction of sp³-hybridized carbons (Fsp3) is 0.375. The number of nitrogens with one attached hydrogen (secondary N) is 1. The van der Waals surface area contributed by atoms with Gasteiger partial charge in [-0.1, -0.05) is 0 Å². The molecule has 3 N–H and O–H groups in total. The van der Waals surface area contributed by atoms with Crippen LogP contribution in [0.5, 0.6) is 11.5 Å². The number of aryl methyl sites for hydroxylation is 1. The van der Waals surface area contributed by atoms with Crippen LogP contribution in [-0.4, -0.2) is 55.3 Å². The number of piperazine rings is 1. The summed E-state index contributed by atoms with van der Waals surface area (Å²) in [5.41, 5.74) is 9.51. The summed E-state index contributed by atoms with van der Waals surface area (Å²) in [6.07, 6.45) is 5.33. The second kappa shape index (κ2) is 8.51. The fourth-order valence-electron chi connectivity index (χ4n) is 4.50. The molecule has 0 atom stereocenters. The van der Waals surface area contributed by atoms with Gasteiger partial charge in [0.05, 0.1) is 0 Å². The van der Waals surface area contributed by atoms with Crippen LogP contribution in [0.3, 0.4) is 0 Å². The lowest BCUT2D eigenvalue weighted by Crippen LogP contribution is -2.46. The Bertz CT molecular complexity index is 1090. The highest BCUT2D eigenvalue weighted by Crippen LogP contribution is 2.35. The van der Waals surface area contributed by atoms with Crippen LogP contribution in [0.1, 0.15) is 28.8 Å². The van der Waals surface area contributed by atoms with Gasteiger partial charge in [-0.05, 0) is 61.7 Å². The quantitative estimate of drug-likeness (QED) is 0.574. The summed E-state index contributed by atoms with van der Waals surface area (Å²) in [7, 11) is 0. The van der Waals surface area contributed by atoms with Gasteiger partial charge in [-0.3, -0.25) is 9.69 Å². The lowest BCUT2D eigenvalue weighted by Gasteiger charge is -2.36. The molecule has 2 aliphatic rings. The maximum absolute atomic E-state index is 11.5. The van der Waals surface area contributed by atoms with E-state index in [9.17, 15) is 4.79 Å². The molecule has 3 aromatic rings. The first kappa shape index (κ1) is 19.8. The molecule has 0 radical (unpaired) electrons. The molecule has 31 heavy (non-hydrogen) atoms. The van der Waals surface area contributed by atoms with Gasteiger partial charge in [0, 0.05) is 60.6 Å². The number of ether oxygens (including phenoxy) is 2. The van der Waals surface area contributed by atoms with Gasteiger partial charge in [0.15, 0.2) is 11.5 Å². The van der Waals surface area contributed by atoms with E-state index in [4.69, 9.17) is 15.2 Å². The van der Waals surface area contributed by atoms with Crippen molar-refractivity contribution in [3.8, 4) is 11.5 Å². The minimum Gasteiger partial charge on any atom is -0.454 e. The molecule has 7 nitrogen and oxygen atoms in total. The molecule has 1 fully saturated rings. The second-order valence-corrected chi connectivity index (χ2v) is 8.26. The lowest BCUT2D eigenvalue weighted by molar-refractivity contribution is 0.100. The zero-order valence-corrected chi connectivity index (χ0v) is 17.6. The number of hydrogen-bond donors (Lipinski definition) is 2. The van der Waals surface area contributed by atoms with Gasteiger partial charge in [0.1, 0.15) is 0 Å². The monoisotopic (exact) mass is 420 g/mol. The molecule has 162 valence electrons. The van der Waals surface area contributed by atoms with Crippen LogP contribution in [0.25, 0.3) is 10.9 Å². The van der Waals surface area contributed by atoms with Crippen LogP contribution in [0.2, 0.25) is 0 Å². The third-order valence-corrected chi connectivity index (χ3v) is 6.32. The van der Waals surface area contributed by atoms with E-state index >= 15 is 0 Å². The molecular weight excluding hydrogens is 392 g/mol. The Balaban J connectivity index is 1.09. The minimum atomic E-state index is -0.381. The van der Waals surface area contributed by atoms with E-state index in [1.54, 1.807) is 6.07 Å². The molecular formula is C24H28N4O3. The summed E-state index contributed by atoms with van der Waals surface area (Å²) < 4.78 is 10.9. The Morgan fingerprint density at radius 2 is 1.84 bits per heavy atom. The molecule has 2 aromatic carbocycles. The molecule has 1 saturated heterocycles. The highest BCUT2D eigenvalue weighted by Gasteiger charge is 2.20. The van der Waals surface area contributed by atoms with Gasteiger partial charge in [0.25, 0.3) is 0 Å². The summed E-state index contributed by atoms with van der Waals surface area (Å²) >= 11 is 0. The van der Waals surface area contributed by atoms with E-state index < -0.39 is 0 Å². The number of nitrogens with two attached hydrogens (primary N) is 1. The number of rotatable bonds is 7. The molecule has 0 aliphatic carbocycles. The van der Waals surface area contributed by atoms with E-state index in [2.05, 4.69) is 33.1 Å². The van der Waals surface area contributed by atoms with Crippen molar-refractivity contribution < 1.29 is 14.3 Å². The van der Waals surface area contributed by atoms with E-state index in [1.165, 1.54) is 11.3 Å². The van der Waals surface area contributed by atoms with E-state index in [0.717, 1.165) is 74.4 Å². The van der Waals surface area contributed by atoms with Crippen LogP contribution in [0, 0.1) is 0 Å². The number of aromatic amines is 1. The average molecular weight is 421 g/mol. The Hall–Kier alpha value is -3.19. The second-order valence-electron chi connectivity index (χ2n) is 8.26. The molecule has 7 heteroatoms. The van der Waals surface area contributed by atoms with Gasteiger partial charge in [-0.15, -0.1) is 0 Å². The number of aromatic nitrogens is 1. The van der Waals surface area contributed by atoms with Gasteiger partial charge in [-0.2, -0.15) is 0 Å². The van der Waals surface area contributed by atoms with Crippen molar-refractivity contribution in [1.82, 2.24) is 9.88 Å². The fourth-order valence-corrected chi connectivity index (χ4v) is 4.50. The molecule has 5 rings (SSSR count). The van der Waals surface area contributed by atoms with Gasteiger partial charge in [-0.25, -0.2) is 0 Å². The lowest BCUT2D eigenvalue weighted by atomic mass is 10.0. The number of carbonyl (C=O) groups is 1. The number of fused-ring (bicyclic) bond motifs is 2. The standard InChI is InChI=1S/C24H28N4O3/c25-24(29)17-4-6-21-20(13-17)18(15-26-21)3-1-2-8-27-9-11-28(12-10-27)19-5-7-22-23(14-19)31-16-30-22/h4-7,13-15,26H,1-3,8-12,16H2,(H2,25,29). The first-order chi connectivity index (χ1) is 15.2. The summed E-state index contributed by atoms with van der Waals surface area (Å²) in [6.45, 7) is 5.63. The van der Waals surface area contributed by atoms with Crippen LogP contribution in [-0.2, 0) is 6.42 Å². The molecule has 0 spiro atoms. The van der Waals surface area contributed by atoms with Crippen LogP contribution >= 0.6 is 0 Å². The number of unbranched alkanes of at least 4 members (excludes halogenated alkanes) is 1. The Morgan fingerprint density at radius 3 is 2.68 bits per heavy atom. The van der Waals surface area contributed by atoms with Crippen LogP contribution in [0.15, 0.2) is 42.6 Å².